The minimum atomic E-state index is -4.17. The summed E-state index contributed by atoms with van der Waals surface area (Å²) in [7, 11) is -4.17. The molecule has 3 N–H and O–H groups in total. The van der Waals surface area contributed by atoms with Gasteiger partial charge in [0.1, 0.15) is 17.5 Å². The van der Waals surface area contributed by atoms with Crippen LogP contribution in [0.4, 0.5) is 15.8 Å². The third-order valence-corrected chi connectivity index (χ3v) is 8.26. The van der Waals surface area contributed by atoms with Crippen molar-refractivity contribution in [2.75, 3.05) is 18.8 Å². The van der Waals surface area contributed by atoms with E-state index in [1.807, 2.05) is 0 Å². The Morgan fingerprint density at radius 2 is 1.79 bits per heavy atom. The van der Waals surface area contributed by atoms with Crippen molar-refractivity contribution in [1.82, 2.24) is 9.62 Å². The van der Waals surface area contributed by atoms with Gasteiger partial charge in [0.25, 0.3) is 5.69 Å². The fraction of sp³-hybridized carbons (Fsp3) is 0.296. The molecule has 200 valence electrons. The molecule has 0 bridgehead atoms. The van der Waals surface area contributed by atoms with Gasteiger partial charge in [-0.25, -0.2) is 12.8 Å². The van der Waals surface area contributed by atoms with Gasteiger partial charge in [-0.05, 0) is 60.6 Å². The van der Waals surface area contributed by atoms with Gasteiger partial charge >= 0.3 is 0 Å². The summed E-state index contributed by atoms with van der Waals surface area (Å²) in [6.07, 6.45) is 1.50. The zero-order chi connectivity index (χ0) is 27.4. The Morgan fingerprint density at radius 3 is 2.42 bits per heavy atom. The molecule has 1 heterocycles. The van der Waals surface area contributed by atoms with Crippen LogP contribution in [-0.4, -0.2) is 43.3 Å². The third-order valence-electron chi connectivity index (χ3n) is 6.77. The summed E-state index contributed by atoms with van der Waals surface area (Å²) in [6.45, 7) is 3.09. The Labute approximate surface area is 220 Å². The van der Waals surface area contributed by atoms with Gasteiger partial charge in [0, 0.05) is 24.7 Å². The zero-order valence-corrected chi connectivity index (χ0v) is 21.7. The quantitative estimate of drug-likeness (QED) is 0.251. The van der Waals surface area contributed by atoms with Crippen LogP contribution in [0.1, 0.15) is 25.3 Å². The van der Waals surface area contributed by atoms with Crippen molar-refractivity contribution in [3.05, 3.63) is 88.2 Å². The highest BCUT2D eigenvalue weighted by Gasteiger charge is 2.31. The molecule has 11 heteroatoms. The van der Waals surface area contributed by atoms with Crippen molar-refractivity contribution in [1.29, 1.82) is 0 Å². The highest BCUT2D eigenvalue weighted by molar-refractivity contribution is 7.89. The van der Waals surface area contributed by atoms with Crippen molar-refractivity contribution in [2.45, 2.75) is 37.1 Å². The van der Waals surface area contributed by atoms with Gasteiger partial charge in [-0.15, -0.1) is 0 Å². The maximum atomic E-state index is 14.2. The Hall–Kier alpha value is -3.83. The molecular formula is C27H29FN4O5S. The lowest BCUT2D eigenvalue weighted by atomic mass is 9.97. The molecular weight excluding hydrogens is 511 g/mol. The maximum Gasteiger partial charge on any atom is 0.292 e. The summed E-state index contributed by atoms with van der Waals surface area (Å²) in [5.41, 5.74) is 6.60. The second kappa shape index (κ2) is 11.3. The van der Waals surface area contributed by atoms with Crippen LogP contribution in [0.15, 0.2) is 71.6 Å². The number of nitrogens with one attached hydrogen (secondary N) is 1. The van der Waals surface area contributed by atoms with E-state index in [0.29, 0.717) is 35.7 Å². The number of nitrogen functional groups attached to an aromatic ring is 1. The smallest absolute Gasteiger partial charge is 0.292 e. The first-order valence-electron chi connectivity index (χ1n) is 12.2. The first kappa shape index (κ1) is 27.2. The fourth-order valence-corrected chi connectivity index (χ4v) is 5.69. The van der Waals surface area contributed by atoms with E-state index in [9.17, 15) is 27.7 Å². The van der Waals surface area contributed by atoms with E-state index in [1.54, 1.807) is 29.2 Å². The van der Waals surface area contributed by atoms with Crippen LogP contribution < -0.4 is 10.5 Å². The molecule has 0 saturated carbocycles. The molecule has 1 fully saturated rings. The number of halogens is 1. The van der Waals surface area contributed by atoms with Gasteiger partial charge in [0.05, 0.1) is 9.82 Å². The molecule has 0 radical (unpaired) electrons. The number of hydrogen-bond donors (Lipinski definition) is 2. The number of nitrogens with two attached hydrogens (primary N) is 1. The number of nitro benzene ring substituents is 1. The van der Waals surface area contributed by atoms with E-state index in [4.69, 9.17) is 5.73 Å². The van der Waals surface area contributed by atoms with Crippen LogP contribution in [-0.2, 0) is 21.2 Å². The minimum Gasteiger partial charge on any atom is -0.393 e. The zero-order valence-electron chi connectivity index (χ0n) is 20.8. The Morgan fingerprint density at radius 1 is 1.13 bits per heavy atom. The molecule has 1 unspecified atom stereocenters. The maximum absolute atomic E-state index is 14.2. The molecule has 3 aromatic carbocycles. The van der Waals surface area contributed by atoms with Gasteiger partial charge in [-0.2, -0.15) is 4.72 Å². The predicted octanol–water partition coefficient (Wildman–Crippen LogP) is 4.13. The number of nitro groups is 1. The van der Waals surface area contributed by atoms with Gasteiger partial charge < -0.3 is 10.6 Å². The highest BCUT2D eigenvalue weighted by atomic mass is 32.2. The van der Waals surface area contributed by atoms with Crippen molar-refractivity contribution >= 4 is 27.3 Å². The Kier molecular flexibility index (Phi) is 8.08. The number of anilines is 1. The number of rotatable bonds is 8. The number of piperidine rings is 1. The molecule has 0 aliphatic carbocycles. The molecule has 1 atom stereocenters. The monoisotopic (exact) mass is 540 g/mol. The number of nitrogens with zero attached hydrogens (tertiary/aromatic N) is 2. The summed E-state index contributed by atoms with van der Waals surface area (Å²) in [5, 5.41) is 11.4. The molecule has 1 aliphatic heterocycles. The van der Waals surface area contributed by atoms with Crippen LogP contribution in [0.3, 0.4) is 0 Å². The summed E-state index contributed by atoms with van der Waals surface area (Å²) in [4.78, 5) is 25.7. The number of amides is 1. The lowest BCUT2D eigenvalue weighted by molar-refractivity contribution is -0.384. The van der Waals surface area contributed by atoms with Crippen LogP contribution in [0.2, 0.25) is 0 Å². The first-order chi connectivity index (χ1) is 18.0. The van der Waals surface area contributed by atoms with E-state index in [2.05, 4.69) is 11.6 Å². The molecule has 38 heavy (non-hydrogen) atoms. The molecule has 1 aliphatic rings. The third kappa shape index (κ3) is 6.17. The standard InChI is InChI=1S/C27H29FN4O5S/c1-18-12-14-31(15-13-18)27(33)25(16-19-6-11-24(29)26(17-19)32(34)35)30-38(36,37)21-9-7-20(8-10-21)22-4-2-3-5-23(22)28/h2-11,17-18,25,30H,12-16,29H2,1H3. The largest absolute Gasteiger partial charge is 0.393 e. The molecule has 9 nitrogen and oxygen atoms in total. The summed E-state index contributed by atoms with van der Waals surface area (Å²) in [5.74, 6) is -0.370. The van der Waals surface area contributed by atoms with Crippen LogP contribution in [0.5, 0.6) is 0 Å². The molecule has 1 amide bonds. The minimum absolute atomic E-state index is 0.0258. The average molecular weight is 541 g/mol. The number of hydrogen-bond acceptors (Lipinski definition) is 6. The van der Waals surface area contributed by atoms with E-state index < -0.39 is 32.7 Å². The van der Waals surface area contributed by atoms with E-state index in [-0.39, 0.29) is 22.7 Å². The molecule has 0 spiro atoms. The van der Waals surface area contributed by atoms with E-state index >= 15 is 0 Å². The number of likely N-dealkylation sites (tertiary alicyclic amines) is 1. The van der Waals surface area contributed by atoms with Crippen molar-refractivity contribution in [3.63, 3.8) is 0 Å². The molecule has 0 aromatic heterocycles. The fourth-order valence-electron chi connectivity index (χ4n) is 4.50. The van der Waals surface area contributed by atoms with Gasteiger partial charge in [0.2, 0.25) is 15.9 Å². The second-order valence-electron chi connectivity index (χ2n) is 9.54. The van der Waals surface area contributed by atoms with Crippen molar-refractivity contribution in [2.24, 2.45) is 5.92 Å². The lowest BCUT2D eigenvalue weighted by Crippen LogP contribution is -2.51. The number of benzene rings is 3. The SMILES string of the molecule is CC1CCN(C(=O)C(Cc2ccc(N)c([N+](=O)[O-])c2)NS(=O)(=O)c2ccc(-c3ccccc3F)cc2)CC1. The van der Waals surface area contributed by atoms with Gasteiger partial charge in [0.15, 0.2) is 0 Å². The molecule has 1 saturated heterocycles. The Bertz CT molecular complexity index is 1440. The second-order valence-corrected chi connectivity index (χ2v) is 11.3. The predicted molar refractivity (Wildman–Crippen MR) is 142 cm³/mol. The normalized spacial score (nSPS) is 15.3. The lowest BCUT2D eigenvalue weighted by Gasteiger charge is -2.33. The molecule has 3 aromatic rings. The van der Waals surface area contributed by atoms with Crippen molar-refractivity contribution in [3.8, 4) is 11.1 Å². The topological polar surface area (TPSA) is 136 Å². The number of carbonyl (C=O) groups excluding carboxylic acids is 1. The van der Waals surface area contributed by atoms with E-state index in [1.165, 1.54) is 42.5 Å². The summed E-state index contributed by atoms with van der Waals surface area (Å²) in [6, 6.07) is 14.8. The average Bonchev–Trinajstić information content (AvgIpc) is 2.89. The van der Waals surface area contributed by atoms with Gasteiger partial charge in [-0.1, -0.05) is 43.3 Å². The van der Waals surface area contributed by atoms with Crippen molar-refractivity contribution < 1.29 is 22.5 Å². The molecule has 4 rings (SSSR count). The summed E-state index contributed by atoms with van der Waals surface area (Å²) < 4.78 is 43.3. The van der Waals surface area contributed by atoms with Gasteiger partial charge in [-0.3, -0.25) is 14.9 Å². The van der Waals surface area contributed by atoms with Crippen LogP contribution >= 0.6 is 0 Å². The Balaban J connectivity index is 1.61. The highest BCUT2D eigenvalue weighted by Crippen LogP contribution is 2.26. The summed E-state index contributed by atoms with van der Waals surface area (Å²) >= 11 is 0. The number of sulfonamides is 1. The van der Waals surface area contributed by atoms with Crippen LogP contribution in [0.25, 0.3) is 11.1 Å². The van der Waals surface area contributed by atoms with E-state index in [0.717, 1.165) is 12.8 Å². The number of carbonyl (C=O) groups is 1. The van der Waals surface area contributed by atoms with Crippen LogP contribution in [0, 0.1) is 21.8 Å². The first-order valence-corrected chi connectivity index (χ1v) is 13.7.